The Kier molecular flexibility index (Phi) is 7.54. The van der Waals surface area contributed by atoms with E-state index in [4.69, 9.17) is 4.74 Å². The summed E-state index contributed by atoms with van der Waals surface area (Å²) in [7, 11) is 1.36. The molecule has 0 heterocycles. The van der Waals surface area contributed by atoms with E-state index in [0.717, 1.165) is 5.56 Å². The van der Waals surface area contributed by atoms with E-state index in [0.29, 0.717) is 18.5 Å². The van der Waals surface area contributed by atoms with Gasteiger partial charge >= 0.3 is 6.61 Å². The molecule has 0 aliphatic carbocycles. The molecule has 0 fully saturated rings. The number of benzene rings is 2. The molecule has 6 nitrogen and oxygen atoms in total. The van der Waals surface area contributed by atoms with Crippen molar-refractivity contribution in [2.75, 3.05) is 20.2 Å². The van der Waals surface area contributed by atoms with Gasteiger partial charge in [-0.3, -0.25) is 9.59 Å². The van der Waals surface area contributed by atoms with E-state index in [1.807, 2.05) is 0 Å². The maximum atomic E-state index is 12.3. The Morgan fingerprint density at radius 2 is 1.78 bits per heavy atom. The van der Waals surface area contributed by atoms with Gasteiger partial charge in [-0.2, -0.15) is 8.78 Å². The first kappa shape index (κ1) is 20.2. The minimum Gasteiger partial charge on any atom is -0.493 e. The van der Waals surface area contributed by atoms with Gasteiger partial charge in [0.05, 0.1) is 13.7 Å². The van der Waals surface area contributed by atoms with Gasteiger partial charge in [-0.1, -0.05) is 24.3 Å². The smallest absolute Gasteiger partial charge is 0.387 e. The number of hydrogen-bond donors (Lipinski definition) is 2. The molecule has 2 N–H and O–H groups in total. The third kappa shape index (κ3) is 6.58. The molecule has 2 amide bonds. The molecule has 2 aromatic carbocycles. The van der Waals surface area contributed by atoms with Crippen molar-refractivity contribution >= 4 is 11.8 Å². The zero-order valence-electron chi connectivity index (χ0n) is 14.7. The third-order valence-electron chi connectivity index (χ3n) is 3.63. The van der Waals surface area contributed by atoms with Crippen LogP contribution in [-0.4, -0.2) is 38.6 Å². The van der Waals surface area contributed by atoms with Gasteiger partial charge in [-0.15, -0.1) is 0 Å². The molecule has 27 heavy (non-hydrogen) atoms. The summed E-state index contributed by atoms with van der Waals surface area (Å²) in [5.74, 6) is -0.521. The van der Waals surface area contributed by atoms with Gasteiger partial charge in [-0.25, -0.2) is 0 Å². The largest absolute Gasteiger partial charge is 0.493 e. The lowest BCUT2D eigenvalue weighted by Crippen LogP contribution is -2.37. The Balaban J connectivity index is 1.77. The minimum atomic E-state index is -2.94. The van der Waals surface area contributed by atoms with Crippen LogP contribution in [0.2, 0.25) is 0 Å². The van der Waals surface area contributed by atoms with Crippen molar-refractivity contribution < 1.29 is 27.8 Å². The molecule has 144 valence electrons. The molecule has 0 saturated carbocycles. The zero-order chi connectivity index (χ0) is 19.6. The minimum absolute atomic E-state index is 0.0519. The molecule has 0 bridgehead atoms. The number of methoxy groups -OCH3 is 1. The molecule has 0 saturated heterocycles. The van der Waals surface area contributed by atoms with Crippen molar-refractivity contribution in [3.8, 4) is 11.5 Å². The number of carbonyl (C=O) groups excluding carboxylic acids is 2. The van der Waals surface area contributed by atoms with Crippen molar-refractivity contribution in [3.05, 3.63) is 59.7 Å². The number of amides is 2. The van der Waals surface area contributed by atoms with Crippen LogP contribution in [0.5, 0.6) is 11.5 Å². The molecular weight excluding hydrogens is 358 g/mol. The molecule has 8 heteroatoms. The highest BCUT2D eigenvalue weighted by Crippen LogP contribution is 2.29. The second-order valence-corrected chi connectivity index (χ2v) is 5.51. The number of ether oxygens (including phenoxy) is 2. The van der Waals surface area contributed by atoms with Gasteiger partial charge in [-0.05, 0) is 36.2 Å². The normalized spacial score (nSPS) is 10.4. The van der Waals surface area contributed by atoms with E-state index in [1.165, 1.54) is 13.2 Å². The third-order valence-corrected chi connectivity index (χ3v) is 3.63. The first-order valence-corrected chi connectivity index (χ1v) is 8.21. The van der Waals surface area contributed by atoms with Gasteiger partial charge in [0.15, 0.2) is 11.5 Å². The number of alkyl halides is 2. The Hall–Kier alpha value is -3.16. The SMILES string of the molecule is COc1cc(CCNC(=O)CNC(=O)c2ccccc2)ccc1OC(F)F. The first-order valence-electron chi connectivity index (χ1n) is 8.21. The van der Waals surface area contributed by atoms with Crippen molar-refractivity contribution in [2.45, 2.75) is 13.0 Å². The van der Waals surface area contributed by atoms with Crippen LogP contribution in [0.4, 0.5) is 8.78 Å². The van der Waals surface area contributed by atoms with Crippen molar-refractivity contribution in [2.24, 2.45) is 0 Å². The zero-order valence-corrected chi connectivity index (χ0v) is 14.7. The summed E-state index contributed by atoms with van der Waals surface area (Å²) in [6.45, 7) is -2.76. The predicted molar refractivity (Wildman–Crippen MR) is 95.1 cm³/mol. The van der Waals surface area contributed by atoms with Crippen LogP contribution >= 0.6 is 0 Å². The van der Waals surface area contributed by atoms with E-state index in [2.05, 4.69) is 15.4 Å². The summed E-state index contributed by atoms with van der Waals surface area (Å²) < 4.78 is 34.0. The van der Waals surface area contributed by atoms with Crippen LogP contribution in [0, 0.1) is 0 Å². The maximum absolute atomic E-state index is 12.3. The Morgan fingerprint density at radius 3 is 2.44 bits per heavy atom. The van der Waals surface area contributed by atoms with Crippen molar-refractivity contribution in [3.63, 3.8) is 0 Å². The van der Waals surface area contributed by atoms with E-state index in [9.17, 15) is 18.4 Å². The molecule has 2 aromatic rings. The summed E-state index contributed by atoms with van der Waals surface area (Å²) in [6.07, 6.45) is 0.462. The average molecular weight is 378 g/mol. The molecule has 0 radical (unpaired) electrons. The molecule has 2 rings (SSSR count). The topological polar surface area (TPSA) is 76.7 Å². The molecular formula is C19H20F2N2O4. The second-order valence-electron chi connectivity index (χ2n) is 5.51. The number of nitrogens with one attached hydrogen (secondary N) is 2. The predicted octanol–water partition coefficient (Wildman–Crippen LogP) is 2.39. The fourth-order valence-corrected chi connectivity index (χ4v) is 2.32. The lowest BCUT2D eigenvalue weighted by atomic mass is 10.1. The Labute approximate surface area is 155 Å². The highest BCUT2D eigenvalue weighted by molar-refractivity contribution is 5.96. The van der Waals surface area contributed by atoms with Gasteiger partial charge in [0.25, 0.3) is 5.91 Å². The van der Waals surface area contributed by atoms with Crippen molar-refractivity contribution in [1.82, 2.24) is 10.6 Å². The van der Waals surface area contributed by atoms with Gasteiger partial charge in [0.2, 0.25) is 5.91 Å². The van der Waals surface area contributed by atoms with E-state index in [-0.39, 0.29) is 29.9 Å². The van der Waals surface area contributed by atoms with Crippen LogP contribution in [0.25, 0.3) is 0 Å². The fraction of sp³-hybridized carbons (Fsp3) is 0.263. The van der Waals surface area contributed by atoms with Crippen LogP contribution in [0.3, 0.4) is 0 Å². The van der Waals surface area contributed by atoms with E-state index < -0.39 is 6.61 Å². The van der Waals surface area contributed by atoms with E-state index in [1.54, 1.807) is 42.5 Å². The Bertz CT molecular complexity index is 770. The number of rotatable bonds is 9. The monoisotopic (exact) mass is 378 g/mol. The summed E-state index contributed by atoms with van der Waals surface area (Å²) in [6, 6.07) is 13.2. The first-order chi connectivity index (χ1) is 13.0. The molecule has 0 atom stereocenters. The van der Waals surface area contributed by atoms with E-state index >= 15 is 0 Å². The van der Waals surface area contributed by atoms with Crippen LogP contribution in [0.15, 0.2) is 48.5 Å². The molecule has 0 spiro atoms. The summed E-state index contributed by atoms with van der Waals surface area (Å²) in [4.78, 5) is 23.7. The van der Waals surface area contributed by atoms with Gasteiger partial charge < -0.3 is 20.1 Å². The highest BCUT2D eigenvalue weighted by atomic mass is 19.3. The van der Waals surface area contributed by atoms with Crippen molar-refractivity contribution in [1.29, 1.82) is 0 Å². The molecule has 0 aromatic heterocycles. The molecule has 0 aliphatic heterocycles. The second kappa shape index (κ2) is 10.1. The fourth-order valence-electron chi connectivity index (χ4n) is 2.32. The highest BCUT2D eigenvalue weighted by Gasteiger charge is 2.11. The lowest BCUT2D eigenvalue weighted by Gasteiger charge is -2.12. The maximum Gasteiger partial charge on any atom is 0.387 e. The van der Waals surface area contributed by atoms with Crippen LogP contribution < -0.4 is 20.1 Å². The van der Waals surface area contributed by atoms with Gasteiger partial charge in [0, 0.05) is 12.1 Å². The van der Waals surface area contributed by atoms with Crippen LogP contribution in [-0.2, 0) is 11.2 Å². The number of hydrogen-bond acceptors (Lipinski definition) is 4. The Morgan fingerprint density at radius 1 is 1.04 bits per heavy atom. The number of halogens is 2. The number of carbonyl (C=O) groups is 2. The molecule has 0 aliphatic rings. The lowest BCUT2D eigenvalue weighted by molar-refractivity contribution is -0.120. The van der Waals surface area contributed by atoms with Gasteiger partial charge in [0.1, 0.15) is 0 Å². The quantitative estimate of drug-likeness (QED) is 0.703. The summed E-state index contributed by atoms with van der Waals surface area (Å²) >= 11 is 0. The van der Waals surface area contributed by atoms with Crippen LogP contribution in [0.1, 0.15) is 15.9 Å². The summed E-state index contributed by atoms with van der Waals surface area (Å²) in [5.41, 5.74) is 1.26. The molecule has 0 unspecified atom stereocenters. The summed E-state index contributed by atoms with van der Waals surface area (Å²) in [5, 5.41) is 5.21. The standard InChI is InChI=1S/C19H20F2N2O4/c1-26-16-11-13(7-8-15(16)27-19(20)21)9-10-22-17(24)12-23-18(25)14-5-3-2-4-6-14/h2-8,11,19H,9-10,12H2,1H3,(H,22,24)(H,23,25). The average Bonchev–Trinajstić information content (AvgIpc) is 2.67.